The topological polar surface area (TPSA) is 70.5 Å². The molecular formula is C24H14ClFN2O3S. The summed E-state index contributed by atoms with van der Waals surface area (Å²) in [5.41, 5.74) is 1.41. The number of hydrogen-bond donors (Lipinski definition) is 1. The van der Waals surface area contributed by atoms with Crippen LogP contribution in [0, 0.1) is 5.82 Å². The molecule has 0 bridgehead atoms. The van der Waals surface area contributed by atoms with Gasteiger partial charge in [0, 0.05) is 10.6 Å². The number of benzene rings is 3. The molecule has 0 saturated carbocycles. The number of ketones is 1. The molecular weight excluding hydrogens is 451 g/mol. The number of aliphatic hydroxyl groups is 1. The second kappa shape index (κ2) is 7.85. The van der Waals surface area contributed by atoms with Crippen molar-refractivity contribution < 1.29 is 19.1 Å². The van der Waals surface area contributed by atoms with Crippen molar-refractivity contribution in [2.24, 2.45) is 0 Å². The second-order valence-electron chi connectivity index (χ2n) is 7.20. The van der Waals surface area contributed by atoms with Crippen molar-refractivity contribution in [2.75, 3.05) is 4.90 Å². The van der Waals surface area contributed by atoms with Crippen LogP contribution < -0.4 is 4.90 Å². The zero-order chi connectivity index (χ0) is 22.4. The summed E-state index contributed by atoms with van der Waals surface area (Å²) in [6, 6.07) is 18.1. The Kier molecular flexibility index (Phi) is 5.00. The molecule has 1 unspecified atom stereocenters. The van der Waals surface area contributed by atoms with Gasteiger partial charge < -0.3 is 5.11 Å². The smallest absolute Gasteiger partial charge is 0.301 e. The first-order chi connectivity index (χ1) is 15.4. The molecule has 0 aliphatic carbocycles. The largest absolute Gasteiger partial charge is 0.507 e. The average Bonchev–Trinajstić information content (AvgIpc) is 3.32. The van der Waals surface area contributed by atoms with Crippen molar-refractivity contribution in [2.45, 2.75) is 6.04 Å². The maximum absolute atomic E-state index is 13.6. The highest BCUT2D eigenvalue weighted by Crippen LogP contribution is 2.44. The Morgan fingerprint density at radius 2 is 1.75 bits per heavy atom. The standard InChI is InChI=1S/C24H14ClFN2O3S/c25-15-8-11-17-18(12-15)32-24(27-17)28-20(13-6-9-16(26)10-7-13)19(22(30)23(28)31)21(29)14-4-2-1-3-5-14/h1-12,20,29H. The van der Waals surface area contributed by atoms with E-state index in [0.717, 1.165) is 4.70 Å². The van der Waals surface area contributed by atoms with Crippen molar-refractivity contribution >= 4 is 55.7 Å². The average molecular weight is 465 g/mol. The van der Waals surface area contributed by atoms with E-state index in [-0.39, 0.29) is 16.5 Å². The Morgan fingerprint density at radius 1 is 1.03 bits per heavy atom. The summed E-state index contributed by atoms with van der Waals surface area (Å²) in [6.07, 6.45) is 0. The molecule has 5 nitrogen and oxygen atoms in total. The molecule has 3 aromatic carbocycles. The predicted octanol–water partition coefficient (Wildman–Crippen LogP) is 5.72. The first kappa shape index (κ1) is 20.4. The lowest BCUT2D eigenvalue weighted by Crippen LogP contribution is -2.29. The van der Waals surface area contributed by atoms with E-state index in [4.69, 9.17) is 11.6 Å². The summed E-state index contributed by atoms with van der Waals surface area (Å²) in [4.78, 5) is 32.0. The number of thiazole rings is 1. The Bertz CT molecular complexity index is 1400. The monoisotopic (exact) mass is 464 g/mol. The SMILES string of the molecule is O=C1C(=O)N(c2nc3ccc(Cl)cc3s2)C(c2ccc(F)cc2)C1=C(O)c1ccccc1. The number of anilines is 1. The minimum Gasteiger partial charge on any atom is -0.507 e. The minimum atomic E-state index is -0.966. The van der Waals surface area contributed by atoms with Crippen LogP contribution in [0.15, 0.2) is 78.4 Å². The molecule has 1 aromatic heterocycles. The Balaban J connectivity index is 1.73. The Labute approximate surface area is 191 Å². The Morgan fingerprint density at radius 3 is 2.47 bits per heavy atom. The number of amides is 1. The van der Waals surface area contributed by atoms with Gasteiger partial charge in [0.15, 0.2) is 5.13 Å². The molecule has 1 atom stereocenters. The number of carbonyl (C=O) groups is 2. The van der Waals surface area contributed by atoms with Gasteiger partial charge in [-0.1, -0.05) is 65.4 Å². The maximum atomic E-state index is 13.6. The molecule has 8 heteroatoms. The van der Waals surface area contributed by atoms with Crippen LogP contribution in [0.3, 0.4) is 0 Å². The third kappa shape index (κ3) is 3.36. The number of halogens is 2. The van der Waals surface area contributed by atoms with E-state index in [1.165, 1.54) is 40.5 Å². The van der Waals surface area contributed by atoms with Gasteiger partial charge in [-0.25, -0.2) is 9.37 Å². The van der Waals surface area contributed by atoms with Crippen LogP contribution in [0.4, 0.5) is 9.52 Å². The van der Waals surface area contributed by atoms with Gasteiger partial charge in [0.25, 0.3) is 5.78 Å². The van der Waals surface area contributed by atoms with Gasteiger partial charge in [-0.2, -0.15) is 0 Å². The zero-order valence-electron chi connectivity index (χ0n) is 16.3. The van der Waals surface area contributed by atoms with Crippen LogP contribution in [0.5, 0.6) is 0 Å². The van der Waals surface area contributed by atoms with E-state index in [0.29, 0.717) is 21.7 Å². The fraction of sp³-hybridized carbons (Fsp3) is 0.0417. The fourth-order valence-corrected chi connectivity index (χ4v) is 5.00. The summed E-state index contributed by atoms with van der Waals surface area (Å²) in [5, 5.41) is 11.8. The van der Waals surface area contributed by atoms with E-state index >= 15 is 0 Å². The number of carbonyl (C=O) groups excluding carboxylic acids is 2. The number of fused-ring (bicyclic) bond motifs is 1. The highest BCUT2D eigenvalue weighted by Gasteiger charge is 2.48. The molecule has 1 aliphatic rings. The predicted molar refractivity (Wildman–Crippen MR) is 122 cm³/mol. The number of hydrogen-bond acceptors (Lipinski definition) is 5. The van der Waals surface area contributed by atoms with Crippen LogP contribution in [0.2, 0.25) is 5.02 Å². The molecule has 4 aromatic rings. The van der Waals surface area contributed by atoms with Gasteiger partial charge in [0.2, 0.25) is 0 Å². The first-order valence-corrected chi connectivity index (χ1v) is 10.8. The van der Waals surface area contributed by atoms with E-state index < -0.39 is 23.5 Å². The van der Waals surface area contributed by atoms with E-state index in [1.807, 2.05) is 0 Å². The zero-order valence-corrected chi connectivity index (χ0v) is 17.9. The number of aliphatic hydroxyl groups excluding tert-OH is 1. The number of rotatable bonds is 3. The molecule has 1 saturated heterocycles. The van der Waals surface area contributed by atoms with Crippen LogP contribution in [0.25, 0.3) is 16.0 Å². The second-order valence-corrected chi connectivity index (χ2v) is 8.64. The van der Waals surface area contributed by atoms with Crippen LogP contribution in [-0.2, 0) is 9.59 Å². The summed E-state index contributed by atoms with van der Waals surface area (Å²) in [5.74, 6) is -2.41. The number of aromatic nitrogens is 1. The van der Waals surface area contributed by atoms with Gasteiger partial charge >= 0.3 is 5.91 Å². The lowest BCUT2D eigenvalue weighted by atomic mass is 9.95. The third-order valence-electron chi connectivity index (χ3n) is 5.22. The lowest BCUT2D eigenvalue weighted by molar-refractivity contribution is -0.132. The number of Topliss-reactive ketones (excluding diaryl/α,β-unsaturated/α-hetero) is 1. The molecule has 158 valence electrons. The Hall–Kier alpha value is -3.55. The summed E-state index contributed by atoms with van der Waals surface area (Å²) in [6.45, 7) is 0. The molecule has 1 fully saturated rings. The van der Waals surface area contributed by atoms with Gasteiger partial charge in [-0.05, 0) is 35.9 Å². The van der Waals surface area contributed by atoms with Crippen molar-refractivity contribution in [1.29, 1.82) is 0 Å². The fourth-order valence-electron chi connectivity index (χ4n) is 3.73. The molecule has 2 heterocycles. The van der Waals surface area contributed by atoms with Crippen molar-refractivity contribution in [1.82, 2.24) is 4.98 Å². The van der Waals surface area contributed by atoms with Gasteiger partial charge in [0.1, 0.15) is 11.6 Å². The minimum absolute atomic E-state index is 0.0786. The van der Waals surface area contributed by atoms with Crippen molar-refractivity contribution in [3.05, 3.63) is 100 Å². The van der Waals surface area contributed by atoms with Gasteiger partial charge in [-0.3, -0.25) is 14.5 Å². The molecule has 1 N–H and O–H groups in total. The molecule has 0 spiro atoms. The summed E-state index contributed by atoms with van der Waals surface area (Å²) in [7, 11) is 0. The molecule has 1 aliphatic heterocycles. The van der Waals surface area contributed by atoms with E-state index in [2.05, 4.69) is 4.98 Å². The van der Waals surface area contributed by atoms with Crippen molar-refractivity contribution in [3.63, 3.8) is 0 Å². The van der Waals surface area contributed by atoms with E-state index in [1.54, 1.807) is 48.5 Å². The van der Waals surface area contributed by atoms with E-state index in [9.17, 15) is 19.1 Å². The summed E-state index contributed by atoms with van der Waals surface area (Å²) >= 11 is 7.28. The third-order valence-corrected chi connectivity index (χ3v) is 6.48. The van der Waals surface area contributed by atoms with Crippen molar-refractivity contribution in [3.8, 4) is 0 Å². The highest BCUT2D eigenvalue weighted by molar-refractivity contribution is 7.22. The summed E-state index contributed by atoms with van der Waals surface area (Å²) < 4.78 is 14.4. The molecule has 0 radical (unpaired) electrons. The molecule has 1 amide bonds. The molecule has 5 rings (SSSR count). The molecule has 32 heavy (non-hydrogen) atoms. The highest BCUT2D eigenvalue weighted by atomic mass is 35.5. The lowest BCUT2D eigenvalue weighted by Gasteiger charge is -2.22. The number of nitrogens with zero attached hydrogens (tertiary/aromatic N) is 2. The van der Waals surface area contributed by atoms with Gasteiger partial charge in [-0.15, -0.1) is 0 Å². The first-order valence-electron chi connectivity index (χ1n) is 9.62. The van der Waals surface area contributed by atoms with Crippen LogP contribution in [0.1, 0.15) is 17.2 Å². The normalized spacial score (nSPS) is 17.9. The van der Waals surface area contributed by atoms with Crippen LogP contribution >= 0.6 is 22.9 Å². The van der Waals surface area contributed by atoms with Gasteiger partial charge in [0.05, 0.1) is 21.8 Å². The van der Waals surface area contributed by atoms with Crippen LogP contribution in [-0.4, -0.2) is 21.8 Å². The quantitative estimate of drug-likeness (QED) is 0.239. The maximum Gasteiger partial charge on any atom is 0.301 e.